The molecule has 0 aliphatic rings. The summed E-state index contributed by atoms with van der Waals surface area (Å²) >= 11 is 0. The minimum absolute atomic E-state index is 0.583. The summed E-state index contributed by atoms with van der Waals surface area (Å²) in [6.07, 6.45) is 5.20. The van der Waals surface area contributed by atoms with Crippen LogP contribution in [0.1, 0.15) is 67.2 Å². The highest BCUT2D eigenvalue weighted by Crippen LogP contribution is 2.31. The molecular weight excluding hydrogens is 264 g/mol. The van der Waals surface area contributed by atoms with Crippen molar-refractivity contribution in [2.45, 2.75) is 79.3 Å². The van der Waals surface area contributed by atoms with Crippen LogP contribution in [-0.4, -0.2) is 22.3 Å². The van der Waals surface area contributed by atoms with Crippen molar-refractivity contribution in [3.63, 3.8) is 0 Å². The number of hydrogen-bond acceptors (Lipinski definition) is 2. The predicted molar refractivity (Wildman–Crippen MR) is 91.3 cm³/mol. The van der Waals surface area contributed by atoms with Crippen molar-refractivity contribution in [1.29, 1.82) is 0 Å². The van der Waals surface area contributed by atoms with E-state index in [4.69, 9.17) is 8.85 Å². The summed E-state index contributed by atoms with van der Waals surface area (Å²) in [4.78, 5) is 0. The molecule has 2 atom stereocenters. The van der Waals surface area contributed by atoms with Gasteiger partial charge in [0.05, 0.1) is 0 Å². The van der Waals surface area contributed by atoms with Crippen molar-refractivity contribution < 1.29 is 8.85 Å². The van der Waals surface area contributed by atoms with E-state index in [2.05, 4.69) is 41.5 Å². The SMILES string of the molecule is CCCCC(CC)C[Si](CC(C)C)(OC)OCC(C)C. The summed E-state index contributed by atoms with van der Waals surface area (Å²) in [6.45, 7) is 14.4. The molecule has 0 saturated carbocycles. The average Bonchev–Trinajstić information content (AvgIpc) is 2.40. The van der Waals surface area contributed by atoms with Crippen LogP contribution in [0.5, 0.6) is 0 Å². The second-order valence-electron chi connectivity index (χ2n) is 7.04. The van der Waals surface area contributed by atoms with Gasteiger partial charge in [-0.1, -0.05) is 67.2 Å². The van der Waals surface area contributed by atoms with Crippen LogP contribution in [0.3, 0.4) is 0 Å². The molecule has 0 aliphatic carbocycles. The van der Waals surface area contributed by atoms with E-state index in [0.717, 1.165) is 18.6 Å². The molecule has 0 N–H and O–H groups in total. The molecule has 122 valence electrons. The highest BCUT2D eigenvalue weighted by atomic mass is 28.4. The van der Waals surface area contributed by atoms with Gasteiger partial charge in [0.25, 0.3) is 0 Å². The molecule has 0 saturated heterocycles. The molecule has 0 heterocycles. The van der Waals surface area contributed by atoms with Gasteiger partial charge in [-0.15, -0.1) is 0 Å². The maximum atomic E-state index is 6.38. The molecule has 0 aromatic carbocycles. The Morgan fingerprint density at radius 3 is 2.00 bits per heavy atom. The van der Waals surface area contributed by atoms with Gasteiger partial charge in [0.1, 0.15) is 0 Å². The van der Waals surface area contributed by atoms with Gasteiger partial charge in [-0.3, -0.25) is 0 Å². The van der Waals surface area contributed by atoms with Crippen molar-refractivity contribution in [2.75, 3.05) is 13.7 Å². The third-order valence-corrected chi connectivity index (χ3v) is 7.99. The normalized spacial score (nSPS) is 16.6. The van der Waals surface area contributed by atoms with E-state index in [1.165, 1.54) is 31.7 Å². The van der Waals surface area contributed by atoms with Crippen molar-refractivity contribution in [3.05, 3.63) is 0 Å². The Hall–Kier alpha value is 0.137. The van der Waals surface area contributed by atoms with Crippen molar-refractivity contribution >= 4 is 8.56 Å². The van der Waals surface area contributed by atoms with Crippen LogP contribution in [0.4, 0.5) is 0 Å². The Labute approximate surface area is 128 Å². The standard InChI is InChI=1S/C17H38O2Si/c1-8-10-11-17(9-2)14-20(18-7,13-16(5)6)19-12-15(3)4/h15-17H,8-14H2,1-7H3. The van der Waals surface area contributed by atoms with Crippen LogP contribution in [-0.2, 0) is 8.85 Å². The first kappa shape index (κ1) is 20.1. The van der Waals surface area contributed by atoms with Gasteiger partial charge in [-0.25, -0.2) is 0 Å². The Morgan fingerprint density at radius 1 is 0.950 bits per heavy atom. The number of rotatable bonds is 12. The van der Waals surface area contributed by atoms with E-state index in [1.54, 1.807) is 0 Å². The molecule has 0 aromatic rings. The molecule has 3 heteroatoms. The Morgan fingerprint density at radius 2 is 1.60 bits per heavy atom. The highest BCUT2D eigenvalue weighted by molar-refractivity contribution is 6.67. The second kappa shape index (κ2) is 10.8. The molecule has 20 heavy (non-hydrogen) atoms. The zero-order chi connectivity index (χ0) is 15.6. The van der Waals surface area contributed by atoms with Crippen LogP contribution in [0, 0.1) is 17.8 Å². The molecule has 0 aliphatic heterocycles. The van der Waals surface area contributed by atoms with E-state index in [9.17, 15) is 0 Å². The molecule has 0 bridgehead atoms. The smallest absolute Gasteiger partial charge is 0.338 e. The highest BCUT2D eigenvalue weighted by Gasteiger charge is 2.39. The summed E-state index contributed by atoms with van der Waals surface area (Å²) < 4.78 is 12.4. The van der Waals surface area contributed by atoms with Crippen LogP contribution < -0.4 is 0 Å². The van der Waals surface area contributed by atoms with Gasteiger partial charge < -0.3 is 8.85 Å². The van der Waals surface area contributed by atoms with Gasteiger partial charge in [-0.2, -0.15) is 0 Å². The molecular formula is C17H38O2Si. The van der Waals surface area contributed by atoms with Crippen molar-refractivity contribution in [1.82, 2.24) is 0 Å². The zero-order valence-electron chi connectivity index (χ0n) is 15.0. The minimum atomic E-state index is -2.03. The summed E-state index contributed by atoms with van der Waals surface area (Å²) in [5, 5.41) is 0. The minimum Gasteiger partial charge on any atom is -0.398 e. The molecule has 0 rings (SSSR count). The third-order valence-electron chi connectivity index (χ3n) is 3.91. The summed E-state index contributed by atoms with van der Waals surface area (Å²) in [6, 6.07) is 2.30. The first-order valence-electron chi connectivity index (χ1n) is 8.58. The maximum absolute atomic E-state index is 6.38. The average molecular weight is 303 g/mol. The second-order valence-corrected chi connectivity index (χ2v) is 10.4. The lowest BCUT2D eigenvalue weighted by atomic mass is 10.0. The summed E-state index contributed by atoms with van der Waals surface area (Å²) in [5.74, 6) is 2.00. The van der Waals surface area contributed by atoms with E-state index >= 15 is 0 Å². The predicted octanol–water partition coefficient (Wildman–Crippen LogP) is 5.62. The Kier molecular flexibility index (Phi) is 10.9. The lowest BCUT2D eigenvalue weighted by molar-refractivity contribution is 0.166. The first-order chi connectivity index (χ1) is 9.39. The van der Waals surface area contributed by atoms with Crippen LogP contribution in [0.2, 0.25) is 12.1 Å². The van der Waals surface area contributed by atoms with Crippen molar-refractivity contribution in [2.24, 2.45) is 17.8 Å². The van der Waals surface area contributed by atoms with E-state index in [-0.39, 0.29) is 0 Å². The van der Waals surface area contributed by atoms with E-state index in [1.807, 2.05) is 7.11 Å². The molecule has 0 aromatic heterocycles. The van der Waals surface area contributed by atoms with Crippen molar-refractivity contribution in [3.8, 4) is 0 Å². The fraction of sp³-hybridized carbons (Fsp3) is 1.00. The molecule has 0 fully saturated rings. The van der Waals surface area contributed by atoms with Gasteiger partial charge in [0, 0.05) is 13.7 Å². The Bertz CT molecular complexity index is 231. The topological polar surface area (TPSA) is 18.5 Å². The number of unbranched alkanes of at least 4 members (excludes halogenated alkanes) is 1. The first-order valence-corrected chi connectivity index (χ1v) is 10.8. The molecule has 0 spiro atoms. The molecule has 2 nitrogen and oxygen atoms in total. The fourth-order valence-corrected chi connectivity index (χ4v) is 6.86. The van der Waals surface area contributed by atoms with Crippen LogP contribution in [0.25, 0.3) is 0 Å². The number of hydrogen-bond donors (Lipinski definition) is 0. The van der Waals surface area contributed by atoms with Gasteiger partial charge in [0.2, 0.25) is 0 Å². The summed E-state index contributed by atoms with van der Waals surface area (Å²) in [5.41, 5.74) is 0. The van der Waals surface area contributed by atoms with E-state index in [0.29, 0.717) is 11.8 Å². The third kappa shape index (κ3) is 8.43. The molecule has 0 radical (unpaired) electrons. The lowest BCUT2D eigenvalue weighted by Gasteiger charge is -2.34. The van der Waals surface area contributed by atoms with E-state index < -0.39 is 8.56 Å². The molecule has 2 unspecified atom stereocenters. The zero-order valence-corrected chi connectivity index (χ0v) is 16.0. The Balaban J connectivity index is 4.76. The van der Waals surface area contributed by atoms with Gasteiger partial charge in [0.15, 0.2) is 0 Å². The van der Waals surface area contributed by atoms with Crippen LogP contribution in [0.15, 0.2) is 0 Å². The monoisotopic (exact) mass is 302 g/mol. The largest absolute Gasteiger partial charge is 0.398 e. The summed E-state index contributed by atoms with van der Waals surface area (Å²) in [7, 11) is -0.153. The fourth-order valence-electron chi connectivity index (χ4n) is 2.75. The maximum Gasteiger partial charge on any atom is 0.338 e. The van der Waals surface area contributed by atoms with Crippen LogP contribution >= 0.6 is 0 Å². The lowest BCUT2D eigenvalue weighted by Crippen LogP contribution is -2.45. The quantitative estimate of drug-likeness (QED) is 0.436. The van der Waals surface area contributed by atoms with Gasteiger partial charge in [-0.05, 0) is 29.8 Å². The molecule has 0 amide bonds. The van der Waals surface area contributed by atoms with Gasteiger partial charge >= 0.3 is 8.56 Å².